The summed E-state index contributed by atoms with van der Waals surface area (Å²) in [5.41, 5.74) is 5.60. The van der Waals surface area contributed by atoms with Crippen LogP contribution in [0, 0.1) is 0 Å². The summed E-state index contributed by atoms with van der Waals surface area (Å²) in [6.07, 6.45) is -3.19. The molecule has 25 heavy (non-hydrogen) atoms. The number of halogens is 3. The summed E-state index contributed by atoms with van der Waals surface area (Å²) in [4.78, 5) is 11.2. The highest BCUT2D eigenvalue weighted by molar-refractivity contribution is 6.55. The first-order valence-electron chi connectivity index (χ1n) is 7.85. The smallest absolute Gasteiger partial charge is 0.400 e. The van der Waals surface area contributed by atoms with Gasteiger partial charge in [-0.3, -0.25) is 4.79 Å². The topological polar surface area (TPSA) is 61.5 Å². The van der Waals surface area contributed by atoms with Gasteiger partial charge >= 0.3 is 13.3 Å². The maximum Gasteiger partial charge on any atom is 0.491 e. The van der Waals surface area contributed by atoms with Gasteiger partial charge in [0.25, 0.3) is 5.78 Å². The van der Waals surface area contributed by atoms with Crippen LogP contribution in [0.3, 0.4) is 0 Å². The van der Waals surface area contributed by atoms with Gasteiger partial charge in [-0.15, -0.1) is 0 Å². The Hall–Kier alpha value is -1.64. The van der Waals surface area contributed by atoms with Gasteiger partial charge in [-0.25, -0.2) is 0 Å². The highest BCUT2D eigenvalue weighted by atomic mass is 19.4. The monoisotopic (exact) mass is 355 g/mol. The molecule has 0 amide bonds. The van der Waals surface area contributed by atoms with E-state index < -0.39 is 35.8 Å². The molecule has 1 heterocycles. The third kappa shape index (κ3) is 4.13. The second-order valence-electron chi connectivity index (χ2n) is 6.96. The van der Waals surface area contributed by atoms with Crippen LogP contribution in [0.25, 0.3) is 6.08 Å². The van der Waals surface area contributed by atoms with E-state index in [-0.39, 0.29) is 6.54 Å². The van der Waals surface area contributed by atoms with Gasteiger partial charge in [-0.05, 0) is 38.7 Å². The van der Waals surface area contributed by atoms with Gasteiger partial charge in [0.05, 0.1) is 11.2 Å². The minimum atomic E-state index is -4.89. The number of nitrogens with two attached hydrogens (primary N) is 1. The van der Waals surface area contributed by atoms with Crippen molar-refractivity contribution in [2.45, 2.75) is 45.1 Å². The Morgan fingerprint density at radius 2 is 1.60 bits per heavy atom. The zero-order chi connectivity index (χ0) is 19.0. The molecule has 0 unspecified atom stereocenters. The number of rotatable bonds is 4. The fourth-order valence-corrected chi connectivity index (χ4v) is 2.33. The van der Waals surface area contributed by atoms with E-state index in [9.17, 15) is 18.0 Å². The first-order valence-corrected chi connectivity index (χ1v) is 7.85. The van der Waals surface area contributed by atoms with Gasteiger partial charge in [-0.2, -0.15) is 13.2 Å². The summed E-state index contributed by atoms with van der Waals surface area (Å²) in [7, 11) is -0.633. The second-order valence-corrected chi connectivity index (χ2v) is 6.96. The maximum atomic E-state index is 12.4. The number of ketones is 1. The molecule has 4 nitrogen and oxygen atoms in total. The molecule has 0 bridgehead atoms. The molecule has 0 radical (unpaired) electrons. The number of carbonyl (C=O) groups is 1. The first-order chi connectivity index (χ1) is 11.4. The molecule has 0 aliphatic carbocycles. The maximum absolute atomic E-state index is 12.4. The lowest BCUT2D eigenvalue weighted by Crippen LogP contribution is -2.41. The largest absolute Gasteiger partial charge is 0.491 e. The lowest BCUT2D eigenvalue weighted by Gasteiger charge is -2.32. The summed E-state index contributed by atoms with van der Waals surface area (Å²) >= 11 is 0. The molecule has 0 spiro atoms. The average Bonchev–Trinajstić information content (AvgIpc) is 2.72. The predicted octanol–water partition coefficient (Wildman–Crippen LogP) is 3.41. The second kappa shape index (κ2) is 6.59. The van der Waals surface area contributed by atoms with Crippen LogP contribution in [-0.4, -0.2) is 36.8 Å². The van der Waals surface area contributed by atoms with Crippen LogP contribution < -0.4 is 5.73 Å². The van der Waals surface area contributed by atoms with Crippen molar-refractivity contribution in [2.75, 3.05) is 6.54 Å². The lowest BCUT2D eigenvalue weighted by atomic mass is 9.77. The number of alkyl halides is 3. The van der Waals surface area contributed by atoms with Crippen LogP contribution in [0.15, 0.2) is 29.7 Å². The zero-order valence-electron chi connectivity index (χ0n) is 14.6. The molecule has 2 N–H and O–H groups in total. The van der Waals surface area contributed by atoms with Gasteiger partial charge in [0, 0.05) is 12.1 Å². The summed E-state index contributed by atoms with van der Waals surface area (Å²) < 4.78 is 49.2. The lowest BCUT2D eigenvalue weighted by molar-refractivity contribution is -0.0885. The number of hydrogen-bond acceptors (Lipinski definition) is 4. The first kappa shape index (κ1) is 19.7. The van der Waals surface area contributed by atoms with Gasteiger partial charge in [-0.1, -0.05) is 30.3 Å². The third-order valence-corrected chi connectivity index (χ3v) is 4.57. The minimum absolute atomic E-state index is 0.167. The number of Topliss-reactive ketones (excluding diaryl/α,β-unsaturated/α-hetero) is 1. The van der Waals surface area contributed by atoms with Crippen molar-refractivity contribution in [3.05, 3.63) is 40.9 Å². The molecule has 0 saturated carbocycles. The molecule has 136 valence electrons. The van der Waals surface area contributed by atoms with E-state index in [2.05, 4.69) is 0 Å². The fourth-order valence-electron chi connectivity index (χ4n) is 2.33. The van der Waals surface area contributed by atoms with Crippen molar-refractivity contribution >= 4 is 19.0 Å². The summed E-state index contributed by atoms with van der Waals surface area (Å²) in [6, 6.07) is 5.14. The summed E-state index contributed by atoms with van der Waals surface area (Å²) in [5, 5.41) is 0. The predicted molar refractivity (Wildman–Crippen MR) is 89.9 cm³/mol. The molecule has 8 heteroatoms. The van der Waals surface area contributed by atoms with Crippen molar-refractivity contribution in [1.82, 2.24) is 0 Å². The minimum Gasteiger partial charge on any atom is -0.400 e. The Labute approximate surface area is 145 Å². The normalized spacial score (nSPS) is 20.0. The summed E-state index contributed by atoms with van der Waals surface area (Å²) in [5.74, 6) is -1.87. The third-order valence-electron chi connectivity index (χ3n) is 4.57. The number of benzene rings is 1. The summed E-state index contributed by atoms with van der Waals surface area (Å²) in [6.45, 7) is 7.83. The highest BCUT2D eigenvalue weighted by Crippen LogP contribution is 2.38. The van der Waals surface area contributed by atoms with Crippen LogP contribution in [0.1, 0.15) is 43.6 Å². The van der Waals surface area contributed by atoms with Crippen LogP contribution in [0.4, 0.5) is 13.2 Å². The molecular weight excluding hydrogens is 334 g/mol. The van der Waals surface area contributed by atoms with E-state index >= 15 is 0 Å². The van der Waals surface area contributed by atoms with Crippen LogP contribution in [0.2, 0.25) is 0 Å². The van der Waals surface area contributed by atoms with E-state index in [0.717, 1.165) is 12.1 Å². The van der Waals surface area contributed by atoms with Gasteiger partial charge < -0.3 is 15.0 Å². The van der Waals surface area contributed by atoms with Crippen molar-refractivity contribution in [1.29, 1.82) is 0 Å². The van der Waals surface area contributed by atoms with E-state index in [1.807, 2.05) is 27.7 Å². The SMILES string of the molecule is CC1(C)OB(C(=Cc2ccc(C(=O)C(F)(F)F)cc2)CN)OC1(C)C. The molecule has 1 aromatic rings. The fraction of sp³-hybridized carbons (Fsp3) is 0.471. The quantitative estimate of drug-likeness (QED) is 0.664. The van der Waals surface area contributed by atoms with Crippen LogP contribution >= 0.6 is 0 Å². The average molecular weight is 355 g/mol. The molecule has 1 aliphatic heterocycles. The van der Waals surface area contributed by atoms with Gasteiger partial charge in [0.1, 0.15) is 0 Å². The van der Waals surface area contributed by atoms with E-state index in [1.54, 1.807) is 6.08 Å². The zero-order valence-corrected chi connectivity index (χ0v) is 14.6. The Morgan fingerprint density at radius 3 is 2.00 bits per heavy atom. The molecule has 0 atom stereocenters. The molecule has 0 aromatic heterocycles. The molecule has 1 saturated heterocycles. The van der Waals surface area contributed by atoms with E-state index in [1.165, 1.54) is 12.1 Å². The van der Waals surface area contributed by atoms with Crippen molar-refractivity contribution in [3.63, 3.8) is 0 Å². The van der Waals surface area contributed by atoms with Crippen LogP contribution in [-0.2, 0) is 9.31 Å². The molecule has 1 fully saturated rings. The van der Waals surface area contributed by atoms with Gasteiger partial charge in [0.15, 0.2) is 0 Å². The highest BCUT2D eigenvalue weighted by Gasteiger charge is 2.52. The number of hydrogen-bond donors (Lipinski definition) is 1. The Balaban J connectivity index is 2.22. The Kier molecular flexibility index (Phi) is 5.19. The molecular formula is C17H21BF3NO3. The molecule has 2 rings (SSSR count). The van der Waals surface area contributed by atoms with E-state index in [4.69, 9.17) is 15.0 Å². The van der Waals surface area contributed by atoms with Crippen molar-refractivity contribution < 1.29 is 27.3 Å². The van der Waals surface area contributed by atoms with Crippen molar-refractivity contribution in [3.8, 4) is 0 Å². The van der Waals surface area contributed by atoms with Crippen molar-refractivity contribution in [2.24, 2.45) is 5.73 Å². The number of carbonyl (C=O) groups excluding carboxylic acids is 1. The Morgan fingerprint density at radius 1 is 1.12 bits per heavy atom. The molecule has 1 aromatic carbocycles. The van der Waals surface area contributed by atoms with E-state index in [0.29, 0.717) is 11.0 Å². The Bertz CT molecular complexity index is 665. The van der Waals surface area contributed by atoms with Gasteiger partial charge in [0.2, 0.25) is 0 Å². The molecule has 1 aliphatic rings. The standard InChI is InChI=1S/C17H21BF3NO3/c1-15(2)16(3,4)25-18(24-15)13(10-22)9-11-5-7-12(8-6-11)14(23)17(19,20)21/h5-9H,10,22H2,1-4H3. The van der Waals surface area contributed by atoms with Crippen LogP contribution in [0.5, 0.6) is 0 Å².